The molecule has 10 aromatic rings. The highest BCUT2D eigenvalue weighted by Crippen LogP contribution is 2.76. The van der Waals surface area contributed by atoms with Gasteiger partial charge in [0.1, 0.15) is 0 Å². The van der Waals surface area contributed by atoms with Gasteiger partial charge in [-0.05, 0) is 373 Å². The number of hydrogen-bond donors (Lipinski definition) is 0. The van der Waals surface area contributed by atoms with E-state index in [4.69, 9.17) is 4.98 Å². The summed E-state index contributed by atoms with van der Waals surface area (Å²) in [5.74, 6) is 10.7. The molecule has 12 atom stereocenters. The second kappa shape index (κ2) is 18.5. The van der Waals surface area contributed by atoms with Gasteiger partial charge in [0.15, 0.2) is 0 Å². The second-order valence-electron chi connectivity index (χ2n) is 35.1. The molecule has 0 amide bonds. The average molecular weight is 1220 g/mol. The Hall–Kier alpha value is -7.09. The summed E-state index contributed by atoms with van der Waals surface area (Å²) in [7, 11) is 0. The first kappa shape index (κ1) is 53.1. The molecule has 1 nitrogen and oxygen atoms in total. The smallest absolute Gasteiger partial charge is 0.0749 e. The number of rotatable bonds is 7. The zero-order chi connectivity index (χ0) is 60.8. The van der Waals surface area contributed by atoms with Crippen molar-refractivity contribution in [3.05, 3.63) is 219 Å². The van der Waals surface area contributed by atoms with Gasteiger partial charge < -0.3 is 0 Å². The lowest BCUT2D eigenvalue weighted by molar-refractivity contribution is -0.0575. The monoisotopic (exact) mass is 1220 g/mol. The molecule has 12 unspecified atom stereocenters. The summed E-state index contributed by atoms with van der Waals surface area (Å²) in [4.78, 5) is 6.05. The van der Waals surface area contributed by atoms with Gasteiger partial charge in [-0.3, -0.25) is 4.98 Å². The number of benzene rings is 9. The van der Waals surface area contributed by atoms with Crippen LogP contribution in [0.1, 0.15) is 232 Å². The van der Waals surface area contributed by atoms with Gasteiger partial charge in [0.25, 0.3) is 0 Å². The molecule has 94 heavy (non-hydrogen) atoms. The van der Waals surface area contributed by atoms with E-state index < -0.39 is 0 Å². The maximum Gasteiger partial charge on any atom is 0.0749 e. The summed E-state index contributed by atoms with van der Waals surface area (Å²) in [6, 6.07) is 62.1. The lowest BCUT2D eigenvalue weighted by Crippen LogP contribution is -2.58. The van der Waals surface area contributed by atoms with Crippen LogP contribution in [0.25, 0.3) is 88.1 Å². The van der Waals surface area contributed by atoms with Crippen molar-refractivity contribution in [3.63, 3.8) is 0 Å². The van der Waals surface area contributed by atoms with Crippen molar-refractivity contribution in [2.45, 2.75) is 195 Å². The summed E-state index contributed by atoms with van der Waals surface area (Å²) in [6.07, 6.45) is 33.5. The molecule has 1 aromatic heterocycles. The number of aromatic nitrogens is 1. The van der Waals surface area contributed by atoms with Crippen LogP contribution in [0, 0.1) is 52.8 Å². The van der Waals surface area contributed by atoms with Crippen LogP contribution < -0.4 is 0 Å². The Bertz CT molecular complexity index is 4920. The van der Waals surface area contributed by atoms with Crippen LogP contribution >= 0.6 is 0 Å². The van der Waals surface area contributed by atoms with Gasteiger partial charge in [0.2, 0.25) is 0 Å². The fraction of sp³-hybridized carbons (Fsp3) is 0.430. The van der Waals surface area contributed by atoms with Crippen molar-refractivity contribution in [1.29, 1.82) is 0 Å². The van der Waals surface area contributed by atoms with E-state index in [0.717, 1.165) is 47.3 Å². The van der Waals surface area contributed by atoms with Crippen LogP contribution in [0.5, 0.6) is 0 Å². The van der Waals surface area contributed by atoms with E-state index in [1.165, 1.54) is 224 Å². The SMILES string of the molecule is CC1(c2ccc(-c3c4cc5c(cc4c(-c4ccccc4)c4c(-c6ccccc6)c6cc7c(cc6c(-c6ccccc6)c34)C3CCC7C3)C3CCC5C3)cc2)C2Cc3c(cnc4c3C(C3CC5CC(C5)C3)(C3CCC5CC3C5)c3c-4ccc4c3CC35CCCCC3C4C5)C1C2. The first-order valence-corrected chi connectivity index (χ1v) is 38.4. The third-order valence-electron chi connectivity index (χ3n) is 31.7. The van der Waals surface area contributed by atoms with Gasteiger partial charge in [0.05, 0.1) is 5.69 Å². The summed E-state index contributed by atoms with van der Waals surface area (Å²) in [6.45, 7) is 2.72. The van der Waals surface area contributed by atoms with Crippen molar-refractivity contribution >= 4 is 32.3 Å². The molecule has 12 bridgehead atoms. The fourth-order valence-electron chi connectivity index (χ4n) is 27.8. The molecule has 1 spiro atoms. The van der Waals surface area contributed by atoms with Crippen molar-refractivity contribution < 1.29 is 0 Å². The van der Waals surface area contributed by atoms with E-state index in [1.54, 1.807) is 38.9 Å². The third kappa shape index (κ3) is 6.56. The van der Waals surface area contributed by atoms with Crippen molar-refractivity contribution in [1.82, 2.24) is 4.98 Å². The van der Waals surface area contributed by atoms with Gasteiger partial charge in [-0.15, -0.1) is 0 Å². The number of nitrogens with zero attached hydrogens (tertiary/aromatic N) is 1. The molecular formula is C93H87N. The van der Waals surface area contributed by atoms with Crippen molar-refractivity contribution in [3.8, 4) is 55.8 Å². The van der Waals surface area contributed by atoms with Gasteiger partial charge in [-0.1, -0.05) is 154 Å². The van der Waals surface area contributed by atoms with E-state index in [1.807, 2.05) is 27.8 Å². The first-order chi connectivity index (χ1) is 46.4. The largest absolute Gasteiger partial charge is 0.256 e. The zero-order valence-corrected chi connectivity index (χ0v) is 55.1. The Morgan fingerprint density at radius 3 is 1.52 bits per heavy atom. The average Bonchev–Trinajstić information content (AvgIpc) is 1.45. The molecule has 11 saturated carbocycles. The number of hydrogen-bond acceptors (Lipinski definition) is 1. The van der Waals surface area contributed by atoms with Crippen LogP contribution in [0.2, 0.25) is 0 Å². The Balaban J connectivity index is 0.723. The summed E-state index contributed by atoms with van der Waals surface area (Å²) in [5.41, 5.74) is 33.8. The molecule has 1 heteroatoms. The Morgan fingerprint density at radius 1 is 0.426 bits per heavy atom. The molecule has 464 valence electrons. The molecule has 0 N–H and O–H groups in total. The highest BCUT2D eigenvalue weighted by Gasteiger charge is 2.67. The summed E-state index contributed by atoms with van der Waals surface area (Å²) < 4.78 is 0. The van der Waals surface area contributed by atoms with Crippen LogP contribution in [0.3, 0.4) is 0 Å². The van der Waals surface area contributed by atoms with Crippen molar-refractivity contribution in [2.24, 2.45) is 52.8 Å². The molecule has 17 aliphatic carbocycles. The van der Waals surface area contributed by atoms with Gasteiger partial charge >= 0.3 is 0 Å². The molecule has 17 aliphatic rings. The van der Waals surface area contributed by atoms with Gasteiger partial charge in [0, 0.05) is 22.6 Å². The normalized spacial score (nSPS) is 35.3. The Labute approximate surface area is 556 Å². The Morgan fingerprint density at radius 2 is 0.979 bits per heavy atom. The first-order valence-electron chi connectivity index (χ1n) is 38.4. The molecular weight excluding hydrogens is 1130 g/mol. The molecule has 27 rings (SSSR count). The molecule has 9 aromatic carbocycles. The zero-order valence-electron chi connectivity index (χ0n) is 55.1. The van der Waals surface area contributed by atoms with Crippen LogP contribution in [-0.4, -0.2) is 4.98 Å². The van der Waals surface area contributed by atoms with Crippen LogP contribution in [0.4, 0.5) is 0 Å². The maximum absolute atomic E-state index is 6.05. The number of pyridine rings is 1. The minimum Gasteiger partial charge on any atom is -0.256 e. The van der Waals surface area contributed by atoms with Crippen LogP contribution in [0.15, 0.2) is 158 Å². The van der Waals surface area contributed by atoms with E-state index in [9.17, 15) is 0 Å². The van der Waals surface area contributed by atoms with Crippen molar-refractivity contribution in [2.75, 3.05) is 0 Å². The molecule has 0 aliphatic heterocycles. The fourth-order valence-corrected chi connectivity index (χ4v) is 27.8. The van der Waals surface area contributed by atoms with Gasteiger partial charge in [-0.25, -0.2) is 0 Å². The summed E-state index contributed by atoms with van der Waals surface area (Å²) >= 11 is 0. The number of fused-ring (bicyclic) bond motifs is 25. The molecule has 0 saturated heterocycles. The quantitative estimate of drug-likeness (QED) is 0.145. The lowest BCUT2D eigenvalue weighted by atomic mass is 9.39. The summed E-state index contributed by atoms with van der Waals surface area (Å²) in [5, 5.41) is 8.56. The van der Waals surface area contributed by atoms with E-state index in [-0.39, 0.29) is 10.8 Å². The second-order valence-corrected chi connectivity index (χ2v) is 35.1. The van der Waals surface area contributed by atoms with E-state index in [0.29, 0.717) is 40.9 Å². The predicted octanol–water partition coefficient (Wildman–Crippen LogP) is 23.9. The Kier molecular flexibility index (Phi) is 10.5. The van der Waals surface area contributed by atoms with Gasteiger partial charge in [-0.2, -0.15) is 0 Å². The predicted molar refractivity (Wildman–Crippen MR) is 385 cm³/mol. The van der Waals surface area contributed by atoms with E-state index >= 15 is 0 Å². The molecule has 11 fully saturated rings. The maximum atomic E-state index is 6.05. The van der Waals surface area contributed by atoms with Crippen LogP contribution in [-0.2, 0) is 23.7 Å². The third-order valence-corrected chi connectivity index (χ3v) is 31.7. The molecule has 1 heterocycles. The minimum atomic E-state index is 0.0384. The topological polar surface area (TPSA) is 12.9 Å². The minimum absolute atomic E-state index is 0.0384. The highest BCUT2D eigenvalue weighted by molar-refractivity contribution is 6.34. The van der Waals surface area contributed by atoms with E-state index in [2.05, 4.69) is 165 Å². The lowest BCUT2D eigenvalue weighted by Gasteiger charge is -2.65. The highest BCUT2D eigenvalue weighted by atomic mass is 14.8. The molecule has 0 radical (unpaired) electrons. The standard InChI is InChI=1S/C93H87N/c1-91(63-41-75-78(81(91)42-63)49-94-90-66-30-29-65-76-47-92(32-12-11-19-80(76)92)48-77(65)88(66)93(89(75)90,64-37-51-33-52(34-51)38-64)79-31-20-50-35-61(79)36-50)62-27-25-56(26-28-62)85-74-46-70-60-24-23-59(40-60)69(70)45-73(74)83(54-15-7-3-8-16-54)86-82(53-13-5-2-6-14-53)71-43-67-57-21-22-58(39-57)68(67)44-72(71)84(87(85)86)55-17-9-4-10-18-55/h2-10,13-18,25-30,43-46,49-52,57-61,63-64,76,79-81H,11-12,19-24,31-42,47-48H2,1H3.